The molecule has 2 N–H and O–H groups in total. The number of benzene rings is 1. The van der Waals surface area contributed by atoms with Crippen LogP contribution in [0, 0.1) is 6.92 Å². The highest BCUT2D eigenvalue weighted by molar-refractivity contribution is 5.95. The number of nitrogens with zero attached hydrogens (tertiary/aromatic N) is 2. The molecule has 0 spiro atoms. The van der Waals surface area contributed by atoms with Crippen LogP contribution in [0.4, 0.5) is 0 Å². The van der Waals surface area contributed by atoms with Crippen molar-refractivity contribution in [2.75, 3.05) is 0 Å². The molecule has 138 valence electrons. The Morgan fingerprint density at radius 1 is 1.26 bits per heavy atom. The van der Waals surface area contributed by atoms with Gasteiger partial charge in [0.05, 0.1) is 29.7 Å². The Bertz CT molecular complexity index is 1000. The summed E-state index contributed by atoms with van der Waals surface area (Å²) in [6.45, 7) is 1.71. The minimum atomic E-state index is -1.05. The van der Waals surface area contributed by atoms with Gasteiger partial charge in [-0.2, -0.15) is 5.10 Å². The maximum absolute atomic E-state index is 12.7. The molecule has 7 heteroatoms. The summed E-state index contributed by atoms with van der Waals surface area (Å²) in [5, 5.41) is 16.3. The summed E-state index contributed by atoms with van der Waals surface area (Å²) in [5.74, 6) is -0.235. The van der Waals surface area contributed by atoms with Gasteiger partial charge in [0.25, 0.3) is 5.91 Å². The van der Waals surface area contributed by atoms with E-state index in [1.54, 1.807) is 13.1 Å². The van der Waals surface area contributed by atoms with E-state index < -0.39 is 5.97 Å². The van der Waals surface area contributed by atoms with Crippen LogP contribution in [0.5, 0.6) is 0 Å². The lowest BCUT2D eigenvalue weighted by Crippen LogP contribution is -2.23. The molecular formula is C20H19N3O4. The number of aromatic carboxylic acids is 1. The zero-order valence-electron chi connectivity index (χ0n) is 14.8. The van der Waals surface area contributed by atoms with Crippen LogP contribution >= 0.6 is 0 Å². The molecule has 0 radical (unpaired) electrons. The van der Waals surface area contributed by atoms with Crippen molar-refractivity contribution in [1.29, 1.82) is 0 Å². The molecule has 1 fully saturated rings. The van der Waals surface area contributed by atoms with Gasteiger partial charge < -0.3 is 14.8 Å². The first-order valence-corrected chi connectivity index (χ1v) is 8.78. The summed E-state index contributed by atoms with van der Waals surface area (Å²) in [4.78, 5) is 23.8. The molecule has 27 heavy (non-hydrogen) atoms. The highest BCUT2D eigenvalue weighted by Gasteiger charge is 2.32. The molecule has 2 heterocycles. The number of hydrogen-bond acceptors (Lipinski definition) is 4. The number of aromatic nitrogens is 2. The van der Waals surface area contributed by atoms with Gasteiger partial charge in [-0.15, -0.1) is 0 Å². The lowest BCUT2D eigenvalue weighted by atomic mass is 10.1. The highest BCUT2D eigenvalue weighted by atomic mass is 16.4. The molecule has 1 aliphatic carbocycles. The van der Waals surface area contributed by atoms with Crippen LogP contribution in [0.25, 0.3) is 5.69 Å². The van der Waals surface area contributed by atoms with Crippen molar-refractivity contribution in [3.63, 3.8) is 0 Å². The van der Waals surface area contributed by atoms with Gasteiger partial charge in [0.1, 0.15) is 17.1 Å². The van der Waals surface area contributed by atoms with E-state index in [-0.39, 0.29) is 18.0 Å². The maximum atomic E-state index is 12.7. The van der Waals surface area contributed by atoms with E-state index in [4.69, 9.17) is 9.52 Å². The number of rotatable bonds is 6. The number of nitrogens with one attached hydrogen (secondary N) is 1. The van der Waals surface area contributed by atoms with E-state index in [0.717, 1.165) is 24.2 Å². The van der Waals surface area contributed by atoms with Crippen molar-refractivity contribution in [2.24, 2.45) is 0 Å². The van der Waals surface area contributed by atoms with Gasteiger partial charge in [-0.25, -0.2) is 9.48 Å². The lowest BCUT2D eigenvalue weighted by Gasteiger charge is -2.09. The number of amides is 1. The molecule has 0 bridgehead atoms. The van der Waals surface area contributed by atoms with Crippen LogP contribution < -0.4 is 5.32 Å². The van der Waals surface area contributed by atoms with Gasteiger partial charge in [-0.3, -0.25) is 4.79 Å². The summed E-state index contributed by atoms with van der Waals surface area (Å²) < 4.78 is 7.24. The van der Waals surface area contributed by atoms with Crippen LogP contribution in [-0.4, -0.2) is 26.8 Å². The second kappa shape index (κ2) is 6.75. The Morgan fingerprint density at radius 2 is 2.00 bits per heavy atom. The highest BCUT2D eigenvalue weighted by Crippen LogP contribution is 2.42. The number of carbonyl (C=O) groups excluding carboxylic acids is 1. The lowest BCUT2D eigenvalue weighted by molar-refractivity contribution is 0.0694. The average Bonchev–Trinajstić information content (AvgIpc) is 3.29. The van der Waals surface area contributed by atoms with Crippen LogP contribution in [0.3, 0.4) is 0 Å². The minimum Gasteiger partial charge on any atom is -0.478 e. The summed E-state index contributed by atoms with van der Waals surface area (Å²) in [6.07, 6.45) is 3.67. The number of carboxylic acids is 1. The van der Waals surface area contributed by atoms with Gasteiger partial charge >= 0.3 is 5.97 Å². The van der Waals surface area contributed by atoms with Crippen molar-refractivity contribution in [3.8, 4) is 5.69 Å². The Hall–Kier alpha value is -3.35. The second-order valence-corrected chi connectivity index (χ2v) is 6.64. The number of aryl methyl sites for hydroxylation is 1. The maximum Gasteiger partial charge on any atom is 0.339 e. The van der Waals surface area contributed by atoms with Crippen LogP contribution in [0.1, 0.15) is 56.7 Å². The van der Waals surface area contributed by atoms with Gasteiger partial charge in [0.15, 0.2) is 0 Å². The van der Waals surface area contributed by atoms with Crippen LogP contribution in [0.2, 0.25) is 0 Å². The Morgan fingerprint density at radius 3 is 2.63 bits per heavy atom. The molecule has 0 aliphatic heterocycles. The molecule has 4 rings (SSSR count). The molecule has 7 nitrogen and oxygen atoms in total. The topological polar surface area (TPSA) is 97.4 Å². The van der Waals surface area contributed by atoms with E-state index >= 15 is 0 Å². The van der Waals surface area contributed by atoms with E-state index in [0.29, 0.717) is 23.0 Å². The van der Waals surface area contributed by atoms with Crippen molar-refractivity contribution in [2.45, 2.75) is 32.2 Å². The smallest absolute Gasteiger partial charge is 0.339 e. The zero-order valence-corrected chi connectivity index (χ0v) is 14.8. The monoisotopic (exact) mass is 365 g/mol. The molecule has 0 saturated heterocycles. The van der Waals surface area contributed by atoms with Gasteiger partial charge in [-0.1, -0.05) is 18.2 Å². The molecule has 1 aromatic carbocycles. The fourth-order valence-electron chi connectivity index (χ4n) is 3.16. The van der Waals surface area contributed by atoms with Crippen molar-refractivity contribution >= 4 is 11.9 Å². The zero-order chi connectivity index (χ0) is 19.0. The summed E-state index contributed by atoms with van der Waals surface area (Å²) in [7, 11) is 0. The standard InChI is InChI=1S/C20H19N3O4/c1-12-16(20(25)26)9-15(27-12)10-21-19(24)17-11-22-23(18(17)13-7-8-13)14-5-3-2-4-6-14/h2-6,9,11,13H,7-8,10H2,1H3,(H,21,24)(H,25,26). The molecule has 1 amide bonds. The molecule has 1 saturated carbocycles. The third-order valence-corrected chi connectivity index (χ3v) is 4.64. The number of furan rings is 1. The second-order valence-electron chi connectivity index (χ2n) is 6.64. The molecular weight excluding hydrogens is 346 g/mol. The fourth-order valence-corrected chi connectivity index (χ4v) is 3.16. The number of carboxylic acid groups (broad SMARTS) is 1. The van der Waals surface area contributed by atoms with E-state index in [1.165, 1.54) is 6.07 Å². The third kappa shape index (κ3) is 3.36. The van der Waals surface area contributed by atoms with Gasteiger partial charge in [0.2, 0.25) is 0 Å². The molecule has 2 aromatic heterocycles. The van der Waals surface area contributed by atoms with Crippen molar-refractivity contribution < 1.29 is 19.1 Å². The largest absolute Gasteiger partial charge is 0.478 e. The van der Waals surface area contributed by atoms with Gasteiger partial charge in [0, 0.05) is 5.92 Å². The SMILES string of the molecule is Cc1oc(CNC(=O)c2cnn(-c3ccccc3)c2C2CC2)cc1C(=O)O. The number of para-hydroxylation sites is 1. The molecule has 0 unspecified atom stereocenters. The molecule has 0 atom stereocenters. The Kier molecular flexibility index (Phi) is 4.27. The first-order chi connectivity index (χ1) is 13.0. The normalized spacial score (nSPS) is 13.5. The fraction of sp³-hybridized carbons (Fsp3) is 0.250. The summed E-state index contributed by atoms with van der Waals surface area (Å²) in [6, 6.07) is 11.2. The molecule has 1 aliphatic rings. The van der Waals surface area contributed by atoms with E-state index in [1.807, 2.05) is 35.0 Å². The Balaban J connectivity index is 1.55. The average molecular weight is 365 g/mol. The summed E-state index contributed by atoms with van der Waals surface area (Å²) in [5.41, 5.74) is 2.49. The van der Waals surface area contributed by atoms with Crippen molar-refractivity contribution in [1.82, 2.24) is 15.1 Å². The first kappa shape index (κ1) is 17.1. The van der Waals surface area contributed by atoms with Crippen molar-refractivity contribution in [3.05, 3.63) is 70.9 Å². The number of hydrogen-bond donors (Lipinski definition) is 2. The third-order valence-electron chi connectivity index (χ3n) is 4.64. The van der Waals surface area contributed by atoms with Crippen LogP contribution in [-0.2, 0) is 6.54 Å². The predicted octanol–water partition coefficient (Wildman–Crippen LogP) is 3.28. The quantitative estimate of drug-likeness (QED) is 0.699. The number of carbonyl (C=O) groups is 2. The van der Waals surface area contributed by atoms with E-state index in [2.05, 4.69) is 10.4 Å². The molecule has 3 aromatic rings. The minimum absolute atomic E-state index is 0.106. The van der Waals surface area contributed by atoms with Crippen LogP contribution in [0.15, 0.2) is 47.0 Å². The van der Waals surface area contributed by atoms with E-state index in [9.17, 15) is 9.59 Å². The Labute approximate surface area is 155 Å². The first-order valence-electron chi connectivity index (χ1n) is 8.78. The predicted molar refractivity (Wildman–Crippen MR) is 97.1 cm³/mol. The summed E-state index contributed by atoms with van der Waals surface area (Å²) >= 11 is 0. The van der Waals surface area contributed by atoms with Gasteiger partial charge in [-0.05, 0) is 38.0 Å².